The Kier molecular flexibility index (Phi) is 5.24. The van der Waals surface area contributed by atoms with Gasteiger partial charge in [0.15, 0.2) is 11.5 Å². The molecule has 144 valence electrons. The van der Waals surface area contributed by atoms with E-state index in [2.05, 4.69) is 20.6 Å². The maximum absolute atomic E-state index is 12.8. The maximum Gasteiger partial charge on any atom is 0.357 e. The highest BCUT2D eigenvalue weighted by Gasteiger charge is 2.18. The molecule has 0 saturated heterocycles. The zero-order valence-electron chi connectivity index (χ0n) is 15.7. The van der Waals surface area contributed by atoms with E-state index in [0.29, 0.717) is 5.82 Å². The van der Waals surface area contributed by atoms with Gasteiger partial charge in [-0.25, -0.2) is 9.48 Å². The van der Waals surface area contributed by atoms with E-state index in [1.807, 2.05) is 66.9 Å². The van der Waals surface area contributed by atoms with Gasteiger partial charge in [0, 0.05) is 12.4 Å². The highest BCUT2D eigenvalue weighted by atomic mass is 16.5. The molecule has 0 saturated carbocycles. The summed E-state index contributed by atoms with van der Waals surface area (Å²) >= 11 is 0. The van der Waals surface area contributed by atoms with Crippen LogP contribution in [-0.4, -0.2) is 36.0 Å². The number of hydrogen-bond donors (Lipinski definition) is 0. The number of rotatable bonds is 6. The summed E-state index contributed by atoms with van der Waals surface area (Å²) in [7, 11) is 0. The first-order valence-corrected chi connectivity index (χ1v) is 8.99. The average Bonchev–Trinajstić information content (AvgIpc) is 3.43. The molecule has 0 unspecified atom stereocenters. The van der Waals surface area contributed by atoms with E-state index in [0.717, 1.165) is 16.8 Å². The van der Waals surface area contributed by atoms with Crippen LogP contribution in [0.25, 0.3) is 17.5 Å². The predicted molar refractivity (Wildman–Crippen MR) is 107 cm³/mol. The first-order chi connectivity index (χ1) is 14.2. The number of aryl methyl sites for hydroxylation is 1. The summed E-state index contributed by atoms with van der Waals surface area (Å²) in [6.07, 6.45) is 5.29. The lowest BCUT2D eigenvalue weighted by Gasteiger charge is -2.10. The third-order valence-corrected chi connectivity index (χ3v) is 4.24. The van der Waals surface area contributed by atoms with Crippen LogP contribution >= 0.6 is 0 Å². The third-order valence-electron chi connectivity index (χ3n) is 4.24. The summed E-state index contributed by atoms with van der Waals surface area (Å²) in [5.74, 6) is -0.0203. The van der Waals surface area contributed by atoms with Crippen LogP contribution < -0.4 is 0 Å². The lowest BCUT2D eigenvalue weighted by molar-refractivity contribution is -0.138. The number of nitrogens with zero attached hydrogens (tertiary/aromatic N) is 6. The van der Waals surface area contributed by atoms with Gasteiger partial charge in [-0.2, -0.15) is 9.78 Å². The van der Waals surface area contributed by atoms with Crippen LogP contribution in [0.3, 0.4) is 0 Å². The molecule has 0 fully saturated rings. The quantitative estimate of drug-likeness (QED) is 0.374. The summed E-state index contributed by atoms with van der Waals surface area (Å²) in [5, 5.41) is 15.6. The van der Waals surface area contributed by atoms with Gasteiger partial charge in [0.25, 0.3) is 0 Å². The Hall–Kier alpha value is -4.07. The van der Waals surface area contributed by atoms with Gasteiger partial charge < -0.3 is 4.74 Å². The van der Waals surface area contributed by atoms with Crippen LogP contribution in [0.1, 0.15) is 17.0 Å². The second kappa shape index (κ2) is 8.30. The number of aromatic nitrogens is 6. The Morgan fingerprint density at radius 2 is 1.86 bits per heavy atom. The summed E-state index contributed by atoms with van der Waals surface area (Å²) < 4.78 is 8.66. The molecular formula is C21H18N6O2. The van der Waals surface area contributed by atoms with Crippen LogP contribution in [0, 0.1) is 6.92 Å². The molecule has 0 aliphatic carbocycles. The van der Waals surface area contributed by atoms with Crippen LogP contribution in [-0.2, 0) is 16.1 Å². The fourth-order valence-corrected chi connectivity index (χ4v) is 2.76. The minimum atomic E-state index is -0.514. The van der Waals surface area contributed by atoms with Crippen molar-refractivity contribution in [3.8, 4) is 5.69 Å². The SMILES string of the molecule is Cc1nnnn1/C(=C/c1ccccc1)C(=O)OCc1ccc(-n2cccn2)cc1. The van der Waals surface area contributed by atoms with Crippen molar-refractivity contribution < 1.29 is 9.53 Å². The lowest BCUT2D eigenvalue weighted by Crippen LogP contribution is -2.15. The van der Waals surface area contributed by atoms with Gasteiger partial charge in [0.1, 0.15) is 6.61 Å². The number of carbonyl (C=O) groups excluding carboxylic acids is 1. The molecule has 0 radical (unpaired) electrons. The highest BCUT2D eigenvalue weighted by molar-refractivity contribution is 6.15. The molecule has 0 bridgehead atoms. The zero-order valence-corrected chi connectivity index (χ0v) is 15.7. The standard InChI is InChI=1S/C21H18N6O2/c1-16-23-24-25-27(16)20(14-17-6-3-2-4-7-17)21(28)29-15-18-8-10-19(11-9-18)26-13-5-12-22-26/h2-14H,15H2,1H3/b20-14+. The van der Waals surface area contributed by atoms with Crippen LogP contribution in [0.4, 0.5) is 0 Å². The maximum atomic E-state index is 12.8. The van der Waals surface area contributed by atoms with E-state index in [9.17, 15) is 4.79 Å². The molecule has 2 aromatic heterocycles. The Morgan fingerprint density at radius 3 is 2.52 bits per heavy atom. The molecule has 0 aliphatic heterocycles. The summed E-state index contributed by atoms with van der Waals surface area (Å²) in [5.41, 5.74) is 2.88. The normalized spacial score (nSPS) is 11.4. The molecular weight excluding hydrogens is 368 g/mol. The van der Waals surface area contributed by atoms with Crippen molar-refractivity contribution in [2.24, 2.45) is 0 Å². The minimum absolute atomic E-state index is 0.130. The largest absolute Gasteiger partial charge is 0.456 e. The van der Waals surface area contributed by atoms with E-state index < -0.39 is 5.97 Å². The van der Waals surface area contributed by atoms with Gasteiger partial charge >= 0.3 is 5.97 Å². The van der Waals surface area contributed by atoms with Crippen LogP contribution in [0.5, 0.6) is 0 Å². The van der Waals surface area contributed by atoms with Crippen molar-refractivity contribution in [1.82, 2.24) is 30.0 Å². The fraction of sp³-hybridized carbons (Fsp3) is 0.0952. The number of tetrazole rings is 1. The van der Waals surface area contributed by atoms with Gasteiger partial charge in [-0.1, -0.05) is 42.5 Å². The highest BCUT2D eigenvalue weighted by Crippen LogP contribution is 2.15. The van der Waals surface area contributed by atoms with E-state index in [4.69, 9.17) is 4.74 Å². The molecule has 0 atom stereocenters. The van der Waals surface area contributed by atoms with Gasteiger partial charge in [0.2, 0.25) is 0 Å². The number of carbonyl (C=O) groups is 1. The van der Waals surface area contributed by atoms with Crippen molar-refractivity contribution >= 4 is 17.7 Å². The summed E-state index contributed by atoms with van der Waals surface area (Å²) in [6.45, 7) is 1.85. The zero-order chi connectivity index (χ0) is 20.1. The third kappa shape index (κ3) is 4.27. The Balaban J connectivity index is 1.51. The molecule has 8 nitrogen and oxygen atoms in total. The molecule has 2 heterocycles. The van der Waals surface area contributed by atoms with Gasteiger partial charge in [-0.05, 0) is 52.8 Å². The summed E-state index contributed by atoms with van der Waals surface area (Å²) in [4.78, 5) is 12.8. The first kappa shape index (κ1) is 18.3. The molecule has 0 spiro atoms. The van der Waals surface area contributed by atoms with E-state index in [1.165, 1.54) is 4.68 Å². The Labute approximate surface area is 167 Å². The first-order valence-electron chi connectivity index (χ1n) is 8.99. The topological polar surface area (TPSA) is 87.7 Å². The molecule has 0 N–H and O–H groups in total. The van der Waals surface area contributed by atoms with Crippen LogP contribution in [0.2, 0.25) is 0 Å². The van der Waals surface area contributed by atoms with Crippen molar-refractivity contribution in [2.45, 2.75) is 13.5 Å². The molecule has 29 heavy (non-hydrogen) atoms. The van der Waals surface area contributed by atoms with Gasteiger partial charge in [0.05, 0.1) is 5.69 Å². The molecule has 4 aromatic rings. The smallest absolute Gasteiger partial charge is 0.357 e. The average molecular weight is 386 g/mol. The Bertz CT molecular complexity index is 1120. The van der Waals surface area contributed by atoms with E-state index >= 15 is 0 Å². The van der Waals surface area contributed by atoms with E-state index in [-0.39, 0.29) is 12.3 Å². The fourth-order valence-electron chi connectivity index (χ4n) is 2.76. The minimum Gasteiger partial charge on any atom is -0.456 e. The predicted octanol–water partition coefficient (Wildman–Crippen LogP) is 2.91. The molecule has 0 amide bonds. The molecule has 4 rings (SSSR count). The number of esters is 1. The summed E-state index contributed by atoms with van der Waals surface area (Å²) in [6, 6.07) is 19.0. The van der Waals surface area contributed by atoms with Gasteiger partial charge in [-0.3, -0.25) is 0 Å². The van der Waals surface area contributed by atoms with Crippen molar-refractivity contribution in [3.05, 3.63) is 90.0 Å². The van der Waals surface area contributed by atoms with Crippen LogP contribution in [0.15, 0.2) is 73.1 Å². The van der Waals surface area contributed by atoms with E-state index in [1.54, 1.807) is 23.9 Å². The second-order valence-electron chi connectivity index (χ2n) is 6.27. The number of ether oxygens (including phenoxy) is 1. The molecule has 0 aliphatic rings. The number of benzene rings is 2. The monoisotopic (exact) mass is 386 g/mol. The molecule has 2 aromatic carbocycles. The number of hydrogen-bond acceptors (Lipinski definition) is 6. The van der Waals surface area contributed by atoms with Crippen molar-refractivity contribution in [2.75, 3.05) is 0 Å². The van der Waals surface area contributed by atoms with Crippen molar-refractivity contribution in [3.63, 3.8) is 0 Å². The van der Waals surface area contributed by atoms with Gasteiger partial charge in [-0.15, -0.1) is 5.10 Å². The Morgan fingerprint density at radius 1 is 1.07 bits per heavy atom. The second-order valence-corrected chi connectivity index (χ2v) is 6.27. The van der Waals surface area contributed by atoms with Crippen molar-refractivity contribution in [1.29, 1.82) is 0 Å². The lowest BCUT2D eigenvalue weighted by atomic mass is 10.2. The molecule has 8 heteroatoms.